The SMILES string of the molecule is CCN1CCN(Cc2ccc(NC(=O)N3CCc4ccc(Oc5cc(NC)ncn5)cc4C3)cc2C(F)(F)F)CC1. The minimum Gasteiger partial charge on any atom is -0.439 e. The molecule has 0 unspecified atom stereocenters. The summed E-state index contributed by atoms with van der Waals surface area (Å²) < 4.78 is 47.9. The lowest BCUT2D eigenvalue weighted by atomic mass is 9.99. The van der Waals surface area contributed by atoms with Crippen LogP contribution in [-0.4, -0.2) is 77.0 Å². The number of nitrogens with zero attached hydrogens (tertiary/aromatic N) is 5. The van der Waals surface area contributed by atoms with Crippen LogP contribution in [0.5, 0.6) is 11.6 Å². The van der Waals surface area contributed by atoms with E-state index in [0.717, 1.165) is 49.9 Å². The van der Waals surface area contributed by atoms with E-state index in [1.807, 2.05) is 23.1 Å². The minimum atomic E-state index is -4.53. The van der Waals surface area contributed by atoms with Gasteiger partial charge in [-0.15, -0.1) is 0 Å². The zero-order chi connectivity index (χ0) is 29.0. The molecule has 3 heterocycles. The Hall–Kier alpha value is -3.90. The molecule has 0 spiro atoms. The van der Waals surface area contributed by atoms with E-state index >= 15 is 0 Å². The third kappa shape index (κ3) is 7.06. The van der Waals surface area contributed by atoms with Gasteiger partial charge in [0.05, 0.1) is 5.56 Å². The van der Waals surface area contributed by atoms with Crippen LogP contribution in [0.4, 0.5) is 29.5 Å². The maximum Gasteiger partial charge on any atom is 0.416 e. The third-order valence-corrected chi connectivity index (χ3v) is 7.57. The monoisotopic (exact) mass is 569 g/mol. The van der Waals surface area contributed by atoms with Crippen LogP contribution in [0.3, 0.4) is 0 Å². The second-order valence-corrected chi connectivity index (χ2v) is 10.2. The van der Waals surface area contributed by atoms with Crippen molar-refractivity contribution in [3.05, 3.63) is 71.0 Å². The Balaban J connectivity index is 1.25. The number of benzene rings is 2. The number of ether oxygens (including phenoxy) is 1. The van der Waals surface area contributed by atoms with Gasteiger partial charge >= 0.3 is 12.2 Å². The number of aromatic nitrogens is 2. The summed E-state index contributed by atoms with van der Waals surface area (Å²) in [7, 11) is 1.75. The molecular weight excluding hydrogens is 535 g/mol. The summed E-state index contributed by atoms with van der Waals surface area (Å²) in [5.41, 5.74) is 1.61. The van der Waals surface area contributed by atoms with Gasteiger partial charge in [-0.3, -0.25) is 4.90 Å². The molecule has 0 atom stereocenters. The lowest BCUT2D eigenvalue weighted by Crippen LogP contribution is -2.45. The maximum absolute atomic E-state index is 14.0. The number of anilines is 2. The summed E-state index contributed by atoms with van der Waals surface area (Å²) in [4.78, 5) is 27.2. The Kier molecular flexibility index (Phi) is 8.60. The number of hydrogen-bond donors (Lipinski definition) is 2. The zero-order valence-electron chi connectivity index (χ0n) is 23.2. The summed E-state index contributed by atoms with van der Waals surface area (Å²) in [5, 5.41) is 5.61. The van der Waals surface area contributed by atoms with Gasteiger partial charge in [-0.1, -0.05) is 19.1 Å². The summed E-state index contributed by atoms with van der Waals surface area (Å²) in [6.45, 7) is 7.13. The quantitative estimate of drug-likeness (QED) is 0.412. The van der Waals surface area contributed by atoms with Gasteiger partial charge in [0.15, 0.2) is 0 Å². The van der Waals surface area contributed by atoms with Crippen LogP contribution in [0.2, 0.25) is 0 Å². The lowest BCUT2D eigenvalue weighted by molar-refractivity contribution is -0.138. The van der Waals surface area contributed by atoms with E-state index in [1.165, 1.54) is 12.4 Å². The molecule has 0 saturated carbocycles. The Morgan fingerprint density at radius 3 is 2.49 bits per heavy atom. The number of carbonyl (C=O) groups excluding carboxylic acids is 1. The second-order valence-electron chi connectivity index (χ2n) is 10.2. The van der Waals surface area contributed by atoms with Crippen molar-refractivity contribution in [2.24, 2.45) is 0 Å². The van der Waals surface area contributed by atoms with Gasteiger partial charge in [0.2, 0.25) is 5.88 Å². The molecule has 2 aliphatic rings. The molecule has 9 nitrogen and oxygen atoms in total. The van der Waals surface area contributed by atoms with Crippen molar-refractivity contribution in [1.29, 1.82) is 0 Å². The fourth-order valence-corrected chi connectivity index (χ4v) is 5.19. The van der Waals surface area contributed by atoms with Crippen LogP contribution in [0.25, 0.3) is 0 Å². The van der Waals surface area contributed by atoms with E-state index in [0.29, 0.717) is 37.0 Å². The van der Waals surface area contributed by atoms with Gasteiger partial charge in [-0.25, -0.2) is 14.8 Å². The highest BCUT2D eigenvalue weighted by Crippen LogP contribution is 2.35. The van der Waals surface area contributed by atoms with Crippen molar-refractivity contribution in [2.75, 3.05) is 56.9 Å². The first-order valence-electron chi connectivity index (χ1n) is 13.7. The number of alkyl halides is 3. The number of carbonyl (C=O) groups is 1. The molecule has 5 rings (SSSR count). The van der Waals surface area contributed by atoms with Crippen molar-refractivity contribution in [2.45, 2.75) is 32.6 Å². The van der Waals surface area contributed by atoms with Crippen molar-refractivity contribution in [1.82, 2.24) is 24.7 Å². The molecule has 1 fully saturated rings. The molecule has 218 valence electrons. The van der Waals surface area contributed by atoms with Crippen LogP contribution in [0.1, 0.15) is 29.2 Å². The van der Waals surface area contributed by atoms with E-state index in [-0.39, 0.29) is 17.8 Å². The van der Waals surface area contributed by atoms with Crippen LogP contribution in [0, 0.1) is 0 Å². The molecule has 2 N–H and O–H groups in total. The van der Waals surface area contributed by atoms with E-state index in [9.17, 15) is 18.0 Å². The first-order chi connectivity index (χ1) is 19.7. The first kappa shape index (κ1) is 28.6. The Bertz CT molecular complexity index is 1380. The predicted octanol–water partition coefficient (Wildman–Crippen LogP) is 5.06. The van der Waals surface area contributed by atoms with Crippen molar-refractivity contribution >= 4 is 17.5 Å². The molecule has 1 saturated heterocycles. The topological polar surface area (TPSA) is 85.9 Å². The highest BCUT2D eigenvalue weighted by molar-refractivity contribution is 5.89. The van der Waals surface area contributed by atoms with Crippen molar-refractivity contribution < 1.29 is 22.7 Å². The van der Waals surface area contributed by atoms with E-state index < -0.39 is 17.8 Å². The molecule has 0 aliphatic carbocycles. The van der Waals surface area contributed by atoms with Gasteiger partial charge in [0.1, 0.15) is 17.9 Å². The number of hydrogen-bond acceptors (Lipinski definition) is 7. The molecule has 2 amide bonds. The fraction of sp³-hybridized carbons (Fsp3) is 0.414. The molecule has 2 aliphatic heterocycles. The standard InChI is InChI=1S/C29H34F3N7O2/c1-3-37-10-12-38(13-11-37)17-21-4-6-23(15-25(21)29(30,31)32)36-28(40)39-9-8-20-5-7-24(14-22(20)18-39)41-27-16-26(33-2)34-19-35-27/h4-7,14-16,19H,3,8-13,17-18H2,1-2H3,(H,36,40)(H,33,34,35). The van der Waals surface area contributed by atoms with Gasteiger partial charge in [-0.05, 0) is 53.9 Å². The average molecular weight is 570 g/mol. The van der Waals surface area contributed by atoms with Crippen LogP contribution in [-0.2, 0) is 25.7 Å². The molecule has 12 heteroatoms. The molecule has 41 heavy (non-hydrogen) atoms. The zero-order valence-corrected chi connectivity index (χ0v) is 23.2. The molecule has 3 aromatic rings. The summed E-state index contributed by atoms with van der Waals surface area (Å²) >= 11 is 0. The smallest absolute Gasteiger partial charge is 0.416 e. The molecule has 1 aromatic heterocycles. The Labute approximate surface area is 237 Å². The average Bonchev–Trinajstić information content (AvgIpc) is 2.97. The number of piperazine rings is 1. The normalized spacial score (nSPS) is 16.3. The van der Waals surface area contributed by atoms with Gasteiger partial charge in [0, 0.05) is 64.6 Å². The van der Waals surface area contributed by atoms with E-state index in [2.05, 4.69) is 32.4 Å². The number of halogens is 3. The van der Waals surface area contributed by atoms with E-state index in [4.69, 9.17) is 4.74 Å². The number of nitrogens with one attached hydrogen (secondary N) is 2. The summed E-state index contributed by atoms with van der Waals surface area (Å²) in [5.74, 6) is 1.56. The number of fused-ring (bicyclic) bond motifs is 1. The van der Waals surface area contributed by atoms with Crippen LogP contribution >= 0.6 is 0 Å². The largest absolute Gasteiger partial charge is 0.439 e. The fourth-order valence-electron chi connectivity index (χ4n) is 5.19. The summed E-state index contributed by atoms with van der Waals surface area (Å²) in [6.07, 6.45) is -2.51. The number of amides is 2. The number of urea groups is 1. The maximum atomic E-state index is 14.0. The van der Waals surface area contributed by atoms with Crippen LogP contribution < -0.4 is 15.4 Å². The van der Waals surface area contributed by atoms with Gasteiger partial charge in [0.25, 0.3) is 0 Å². The first-order valence-corrected chi connectivity index (χ1v) is 13.7. The summed E-state index contributed by atoms with van der Waals surface area (Å²) in [6, 6.07) is 10.9. The molecular formula is C29H34F3N7O2. The van der Waals surface area contributed by atoms with E-state index in [1.54, 1.807) is 24.1 Å². The highest BCUT2D eigenvalue weighted by Gasteiger charge is 2.34. The Morgan fingerprint density at radius 2 is 1.76 bits per heavy atom. The predicted molar refractivity (Wildman–Crippen MR) is 150 cm³/mol. The third-order valence-electron chi connectivity index (χ3n) is 7.57. The van der Waals surface area contributed by atoms with Gasteiger partial charge < -0.3 is 25.2 Å². The lowest BCUT2D eigenvalue weighted by Gasteiger charge is -2.34. The molecule has 0 radical (unpaired) electrons. The second kappa shape index (κ2) is 12.3. The highest BCUT2D eigenvalue weighted by atomic mass is 19.4. The van der Waals surface area contributed by atoms with Crippen molar-refractivity contribution in [3.63, 3.8) is 0 Å². The number of likely N-dealkylation sites (N-methyl/N-ethyl adjacent to an activating group) is 1. The Morgan fingerprint density at radius 1 is 0.976 bits per heavy atom. The molecule has 2 aromatic carbocycles. The number of rotatable bonds is 7. The minimum absolute atomic E-state index is 0.119. The molecule has 0 bridgehead atoms. The van der Waals surface area contributed by atoms with Crippen LogP contribution in [0.15, 0.2) is 48.8 Å². The van der Waals surface area contributed by atoms with Gasteiger partial charge in [-0.2, -0.15) is 13.2 Å². The van der Waals surface area contributed by atoms with Crippen molar-refractivity contribution in [3.8, 4) is 11.6 Å².